The van der Waals surface area contributed by atoms with Gasteiger partial charge in [-0.05, 0) is 12.2 Å². The van der Waals surface area contributed by atoms with Crippen LogP contribution in [0.5, 0.6) is 0 Å². The molecule has 0 saturated carbocycles. The Morgan fingerprint density at radius 3 is 2.77 bits per heavy atom. The van der Waals surface area contributed by atoms with E-state index in [1.54, 1.807) is 0 Å². The van der Waals surface area contributed by atoms with Gasteiger partial charge in [0.05, 0.1) is 0 Å². The number of ketones is 1. The van der Waals surface area contributed by atoms with Crippen LogP contribution in [0.25, 0.3) is 0 Å². The quantitative estimate of drug-likeness (QED) is 0.528. The van der Waals surface area contributed by atoms with Crippen LogP contribution in [0.1, 0.15) is 6.92 Å². The van der Waals surface area contributed by atoms with Gasteiger partial charge in [0.15, 0.2) is 11.4 Å². The zero-order chi connectivity index (χ0) is 10.1. The van der Waals surface area contributed by atoms with Crippen LogP contribution < -0.4 is 0 Å². The van der Waals surface area contributed by atoms with Gasteiger partial charge in [0.1, 0.15) is 12.7 Å². The van der Waals surface area contributed by atoms with Gasteiger partial charge >= 0.3 is 5.97 Å². The standard InChI is InChI=1S/C8H10O5/c1-5(9)13-4-8(12)6(10)2-3-7(8)11/h2-3,6,10,12H,4H2,1H3/t6-,8-/m1/s1. The van der Waals surface area contributed by atoms with Crippen molar-refractivity contribution in [2.24, 2.45) is 0 Å². The number of hydrogen-bond acceptors (Lipinski definition) is 5. The molecular formula is C8H10O5. The highest BCUT2D eigenvalue weighted by Gasteiger charge is 2.45. The summed E-state index contributed by atoms with van der Waals surface area (Å²) in [5.74, 6) is -1.26. The van der Waals surface area contributed by atoms with Crippen molar-refractivity contribution < 1.29 is 24.5 Å². The molecular weight excluding hydrogens is 176 g/mol. The van der Waals surface area contributed by atoms with Crippen molar-refractivity contribution in [3.8, 4) is 0 Å². The van der Waals surface area contributed by atoms with Gasteiger partial charge in [-0.3, -0.25) is 9.59 Å². The number of carbonyl (C=O) groups is 2. The van der Waals surface area contributed by atoms with Gasteiger partial charge < -0.3 is 14.9 Å². The van der Waals surface area contributed by atoms with Crippen molar-refractivity contribution in [2.45, 2.75) is 18.6 Å². The number of carbonyl (C=O) groups excluding carboxylic acids is 2. The minimum Gasteiger partial charge on any atom is -0.462 e. The summed E-state index contributed by atoms with van der Waals surface area (Å²) in [5, 5.41) is 18.7. The Morgan fingerprint density at radius 1 is 1.77 bits per heavy atom. The maximum absolute atomic E-state index is 11.0. The highest BCUT2D eigenvalue weighted by atomic mass is 16.5. The molecule has 0 unspecified atom stereocenters. The normalized spacial score (nSPS) is 32.2. The summed E-state index contributed by atoms with van der Waals surface area (Å²) in [6.45, 7) is 0.637. The average molecular weight is 186 g/mol. The van der Waals surface area contributed by atoms with E-state index in [4.69, 9.17) is 0 Å². The Kier molecular flexibility index (Phi) is 2.49. The number of esters is 1. The fourth-order valence-electron chi connectivity index (χ4n) is 0.996. The van der Waals surface area contributed by atoms with Crippen LogP contribution in [0.4, 0.5) is 0 Å². The van der Waals surface area contributed by atoms with Crippen LogP contribution >= 0.6 is 0 Å². The maximum Gasteiger partial charge on any atom is 0.302 e. The molecule has 0 heterocycles. The third-order valence-corrected chi connectivity index (χ3v) is 1.84. The largest absolute Gasteiger partial charge is 0.462 e. The molecule has 0 aromatic heterocycles. The third-order valence-electron chi connectivity index (χ3n) is 1.84. The van der Waals surface area contributed by atoms with Crippen LogP contribution in [0.3, 0.4) is 0 Å². The second-order valence-corrected chi connectivity index (χ2v) is 2.87. The average Bonchev–Trinajstić information content (AvgIpc) is 2.31. The molecule has 0 aromatic rings. The second kappa shape index (κ2) is 3.27. The van der Waals surface area contributed by atoms with E-state index >= 15 is 0 Å². The van der Waals surface area contributed by atoms with Gasteiger partial charge in [-0.1, -0.05) is 0 Å². The first kappa shape index (κ1) is 9.88. The summed E-state index contributed by atoms with van der Waals surface area (Å²) >= 11 is 0. The Bertz CT molecular complexity index is 270. The van der Waals surface area contributed by atoms with E-state index in [0.717, 1.165) is 19.1 Å². The van der Waals surface area contributed by atoms with Gasteiger partial charge in [0.2, 0.25) is 0 Å². The van der Waals surface area contributed by atoms with Crippen molar-refractivity contribution in [3.63, 3.8) is 0 Å². The van der Waals surface area contributed by atoms with Crippen LogP contribution in [0.15, 0.2) is 12.2 Å². The molecule has 0 spiro atoms. The molecule has 72 valence electrons. The number of aliphatic hydroxyl groups is 2. The van der Waals surface area contributed by atoms with Gasteiger partial charge in [0.25, 0.3) is 0 Å². The molecule has 1 aliphatic carbocycles. The minimum absolute atomic E-state index is 0.519. The highest BCUT2D eigenvalue weighted by Crippen LogP contribution is 2.21. The molecule has 0 saturated heterocycles. The molecule has 2 N–H and O–H groups in total. The van der Waals surface area contributed by atoms with E-state index < -0.39 is 30.1 Å². The molecule has 0 radical (unpaired) electrons. The summed E-state index contributed by atoms with van der Waals surface area (Å²) in [6.07, 6.45) is 0.916. The van der Waals surface area contributed by atoms with Crippen LogP contribution in [0, 0.1) is 0 Å². The molecule has 1 rings (SSSR count). The Hall–Kier alpha value is -1.20. The molecule has 5 heteroatoms. The van der Waals surface area contributed by atoms with Gasteiger partial charge in [-0.25, -0.2) is 0 Å². The fraction of sp³-hybridized carbons (Fsp3) is 0.500. The predicted octanol–water partition coefficient (Wildman–Crippen LogP) is -1.22. The smallest absolute Gasteiger partial charge is 0.302 e. The van der Waals surface area contributed by atoms with Crippen molar-refractivity contribution in [1.82, 2.24) is 0 Å². The highest BCUT2D eigenvalue weighted by molar-refractivity contribution is 6.00. The second-order valence-electron chi connectivity index (χ2n) is 2.87. The van der Waals surface area contributed by atoms with Crippen LogP contribution in [-0.2, 0) is 14.3 Å². The van der Waals surface area contributed by atoms with E-state index in [9.17, 15) is 19.8 Å². The zero-order valence-corrected chi connectivity index (χ0v) is 7.06. The molecule has 0 aromatic carbocycles. The topological polar surface area (TPSA) is 83.8 Å². The minimum atomic E-state index is -1.99. The van der Waals surface area contributed by atoms with Crippen LogP contribution in [0.2, 0.25) is 0 Å². The van der Waals surface area contributed by atoms with Gasteiger partial charge in [-0.2, -0.15) is 0 Å². The van der Waals surface area contributed by atoms with E-state index in [2.05, 4.69) is 4.74 Å². The zero-order valence-electron chi connectivity index (χ0n) is 7.06. The predicted molar refractivity (Wildman–Crippen MR) is 41.7 cm³/mol. The first-order chi connectivity index (χ1) is 5.97. The molecule has 0 aliphatic heterocycles. The van der Waals surface area contributed by atoms with Crippen molar-refractivity contribution >= 4 is 11.8 Å². The molecule has 1 aliphatic rings. The molecule has 0 amide bonds. The van der Waals surface area contributed by atoms with Crippen LogP contribution in [-0.4, -0.2) is 40.3 Å². The summed E-state index contributed by atoms with van der Waals surface area (Å²) in [5.41, 5.74) is -1.99. The lowest BCUT2D eigenvalue weighted by Crippen LogP contribution is -2.48. The molecule has 13 heavy (non-hydrogen) atoms. The number of hydrogen-bond donors (Lipinski definition) is 2. The molecule has 0 fully saturated rings. The Morgan fingerprint density at radius 2 is 2.38 bits per heavy atom. The number of ether oxygens (including phenoxy) is 1. The fourth-order valence-corrected chi connectivity index (χ4v) is 0.996. The monoisotopic (exact) mass is 186 g/mol. The van der Waals surface area contributed by atoms with Crippen molar-refractivity contribution in [2.75, 3.05) is 6.61 Å². The lowest BCUT2D eigenvalue weighted by molar-refractivity contribution is -0.160. The van der Waals surface area contributed by atoms with E-state index in [1.807, 2.05) is 0 Å². The van der Waals surface area contributed by atoms with E-state index in [1.165, 1.54) is 0 Å². The molecule has 0 bridgehead atoms. The Balaban J connectivity index is 2.65. The van der Waals surface area contributed by atoms with Gasteiger partial charge in [-0.15, -0.1) is 0 Å². The number of rotatable bonds is 2. The van der Waals surface area contributed by atoms with E-state index in [-0.39, 0.29) is 0 Å². The van der Waals surface area contributed by atoms with Crippen molar-refractivity contribution in [1.29, 1.82) is 0 Å². The maximum atomic E-state index is 11.0. The lowest BCUT2D eigenvalue weighted by Gasteiger charge is -2.23. The summed E-state index contributed by atoms with van der Waals surface area (Å²) in [7, 11) is 0. The summed E-state index contributed by atoms with van der Waals surface area (Å²) < 4.78 is 4.46. The van der Waals surface area contributed by atoms with Crippen molar-refractivity contribution in [3.05, 3.63) is 12.2 Å². The number of aliphatic hydroxyl groups excluding tert-OH is 1. The molecule has 2 atom stereocenters. The van der Waals surface area contributed by atoms with Gasteiger partial charge in [0, 0.05) is 6.92 Å². The molecule has 5 nitrogen and oxygen atoms in total. The summed E-state index contributed by atoms with van der Waals surface area (Å²) in [4.78, 5) is 21.4. The van der Waals surface area contributed by atoms with E-state index in [0.29, 0.717) is 0 Å². The summed E-state index contributed by atoms with van der Waals surface area (Å²) in [6, 6.07) is 0. The lowest BCUT2D eigenvalue weighted by atomic mass is 9.99. The Labute approximate surface area is 74.6 Å². The third kappa shape index (κ3) is 1.76. The first-order valence-electron chi connectivity index (χ1n) is 3.73. The SMILES string of the molecule is CC(=O)OC[C@]1(O)C(=O)C=C[C@H]1O. The first-order valence-corrected chi connectivity index (χ1v) is 3.73.